The number of aromatic nitrogens is 2. The van der Waals surface area contributed by atoms with Crippen LogP contribution in [0.2, 0.25) is 0 Å². The van der Waals surface area contributed by atoms with Crippen molar-refractivity contribution in [3.05, 3.63) is 42.2 Å². The van der Waals surface area contributed by atoms with E-state index in [0.717, 1.165) is 53.6 Å². The summed E-state index contributed by atoms with van der Waals surface area (Å²) >= 11 is 0. The monoisotopic (exact) mass is 379 g/mol. The molecule has 3 heterocycles. The molecule has 1 aromatic carbocycles. The smallest absolute Gasteiger partial charge is 0.337 e. The number of methoxy groups -OCH3 is 1. The van der Waals surface area contributed by atoms with E-state index in [9.17, 15) is 4.79 Å². The Hall–Kier alpha value is -2.73. The van der Waals surface area contributed by atoms with Crippen LogP contribution in [-0.2, 0) is 9.47 Å². The maximum Gasteiger partial charge on any atom is 0.337 e. The van der Waals surface area contributed by atoms with Crippen molar-refractivity contribution in [2.75, 3.05) is 31.7 Å². The highest BCUT2D eigenvalue weighted by Gasteiger charge is 2.30. The van der Waals surface area contributed by atoms with Gasteiger partial charge in [-0.15, -0.1) is 0 Å². The molecule has 0 saturated carbocycles. The number of carbonyl (C=O) groups excluding carboxylic acids is 1. The van der Waals surface area contributed by atoms with Gasteiger partial charge in [0.05, 0.1) is 24.3 Å². The van der Waals surface area contributed by atoms with Crippen LogP contribution >= 0.6 is 0 Å². The summed E-state index contributed by atoms with van der Waals surface area (Å²) < 4.78 is 10.8. The summed E-state index contributed by atoms with van der Waals surface area (Å²) in [5.74, 6) is 0.557. The summed E-state index contributed by atoms with van der Waals surface area (Å²) in [6, 6.07) is 7.47. The van der Waals surface area contributed by atoms with Crippen molar-refractivity contribution in [3.63, 3.8) is 0 Å². The van der Waals surface area contributed by atoms with E-state index in [-0.39, 0.29) is 12.1 Å². The predicted octanol–water partition coefficient (Wildman–Crippen LogP) is 3.97. The summed E-state index contributed by atoms with van der Waals surface area (Å²) in [5.41, 5.74) is 1.27. The first-order valence-electron chi connectivity index (χ1n) is 9.83. The summed E-state index contributed by atoms with van der Waals surface area (Å²) in [6.45, 7) is 4.68. The molecule has 0 amide bonds. The Morgan fingerprint density at radius 1 is 1.18 bits per heavy atom. The van der Waals surface area contributed by atoms with Crippen LogP contribution in [0, 0.1) is 0 Å². The largest absolute Gasteiger partial charge is 0.465 e. The number of hydrogen-bond acceptors (Lipinski definition) is 6. The molecule has 6 nitrogen and oxygen atoms in total. The van der Waals surface area contributed by atoms with E-state index in [1.807, 2.05) is 18.3 Å². The van der Waals surface area contributed by atoms with E-state index in [0.29, 0.717) is 5.56 Å². The number of anilines is 1. The van der Waals surface area contributed by atoms with Gasteiger partial charge in [-0.1, -0.05) is 25.8 Å². The number of fused-ring (bicyclic) bond motifs is 3. The van der Waals surface area contributed by atoms with Crippen LogP contribution in [-0.4, -0.2) is 48.8 Å². The van der Waals surface area contributed by atoms with Gasteiger partial charge in [-0.25, -0.2) is 9.78 Å². The zero-order valence-electron chi connectivity index (χ0n) is 16.4. The SMILES string of the molecule is CCCCCOC1CN(c2nc3cc(C(=O)OC)ccc3c3cnccc23)C1. The molecular formula is C22H25N3O3. The van der Waals surface area contributed by atoms with Crippen molar-refractivity contribution in [2.24, 2.45) is 0 Å². The lowest BCUT2D eigenvalue weighted by molar-refractivity contribution is 0.0320. The van der Waals surface area contributed by atoms with E-state index in [2.05, 4.69) is 16.8 Å². The standard InChI is InChI=1S/C22H25N3O3/c1-3-4-5-10-28-16-13-25(14-16)21-18-8-9-23-12-19(18)17-7-6-15(22(26)27-2)11-20(17)24-21/h6-9,11-12,16H,3-5,10,13-14H2,1-2H3. The van der Waals surface area contributed by atoms with Gasteiger partial charge in [0.1, 0.15) is 5.82 Å². The minimum Gasteiger partial charge on any atom is -0.465 e. The molecule has 0 bridgehead atoms. The van der Waals surface area contributed by atoms with Gasteiger partial charge in [0, 0.05) is 48.2 Å². The Labute approximate surface area is 164 Å². The molecule has 0 N–H and O–H groups in total. The maximum atomic E-state index is 11.9. The summed E-state index contributed by atoms with van der Waals surface area (Å²) in [7, 11) is 1.39. The number of unbranched alkanes of at least 4 members (excludes halogenated alkanes) is 2. The van der Waals surface area contributed by atoms with Crippen LogP contribution in [0.25, 0.3) is 21.7 Å². The highest BCUT2D eigenvalue weighted by Crippen LogP contribution is 2.33. The van der Waals surface area contributed by atoms with Gasteiger partial charge in [-0.2, -0.15) is 0 Å². The number of ether oxygens (including phenoxy) is 2. The van der Waals surface area contributed by atoms with Crippen molar-refractivity contribution in [2.45, 2.75) is 32.3 Å². The third-order valence-corrected chi connectivity index (χ3v) is 5.25. The highest BCUT2D eigenvalue weighted by molar-refractivity contribution is 6.11. The van der Waals surface area contributed by atoms with Gasteiger partial charge in [0.15, 0.2) is 0 Å². The van der Waals surface area contributed by atoms with Gasteiger partial charge < -0.3 is 14.4 Å². The molecule has 1 aliphatic rings. The zero-order valence-corrected chi connectivity index (χ0v) is 16.4. The molecule has 4 rings (SSSR count). The highest BCUT2D eigenvalue weighted by atomic mass is 16.5. The molecule has 1 fully saturated rings. The fraction of sp³-hybridized carbons (Fsp3) is 0.409. The molecular weight excluding hydrogens is 354 g/mol. The van der Waals surface area contributed by atoms with Gasteiger partial charge in [0.2, 0.25) is 0 Å². The lowest BCUT2D eigenvalue weighted by atomic mass is 10.0. The second kappa shape index (κ2) is 8.10. The lowest BCUT2D eigenvalue weighted by Gasteiger charge is -2.40. The molecule has 0 spiro atoms. The van der Waals surface area contributed by atoms with Crippen molar-refractivity contribution in [1.29, 1.82) is 0 Å². The maximum absolute atomic E-state index is 11.9. The molecule has 3 aromatic rings. The third-order valence-electron chi connectivity index (χ3n) is 5.25. The van der Waals surface area contributed by atoms with Gasteiger partial charge in [-0.3, -0.25) is 4.98 Å². The molecule has 0 unspecified atom stereocenters. The Bertz CT molecular complexity index is 999. The fourth-order valence-electron chi connectivity index (χ4n) is 3.63. The van der Waals surface area contributed by atoms with Gasteiger partial charge >= 0.3 is 5.97 Å². The van der Waals surface area contributed by atoms with Crippen molar-refractivity contribution < 1.29 is 14.3 Å². The first-order valence-corrected chi connectivity index (χ1v) is 9.83. The molecule has 0 radical (unpaired) electrons. The van der Waals surface area contributed by atoms with Crippen LogP contribution in [0.15, 0.2) is 36.7 Å². The molecule has 0 atom stereocenters. The molecule has 6 heteroatoms. The number of rotatable bonds is 7. The Balaban J connectivity index is 1.63. The Morgan fingerprint density at radius 3 is 2.82 bits per heavy atom. The van der Waals surface area contributed by atoms with Crippen molar-refractivity contribution in [3.8, 4) is 0 Å². The number of esters is 1. The second-order valence-corrected chi connectivity index (χ2v) is 7.19. The van der Waals surface area contributed by atoms with Crippen molar-refractivity contribution >= 4 is 33.5 Å². The van der Waals surface area contributed by atoms with Crippen molar-refractivity contribution in [1.82, 2.24) is 9.97 Å². The van der Waals surface area contributed by atoms with E-state index in [1.165, 1.54) is 20.0 Å². The first-order chi connectivity index (χ1) is 13.7. The number of pyridine rings is 2. The predicted molar refractivity (Wildman–Crippen MR) is 110 cm³/mol. The van der Waals surface area contributed by atoms with Crippen LogP contribution in [0.4, 0.5) is 5.82 Å². The zero-order chi connectivity index (χ0) is 19.5. The minimum absolute atomic E-state index is 0.257. The average Bonchev–Trinajstić information content (AvgIpc) is 2.71. The molecule has 2 aromatic heterocycles. The summed E-state index contributed by atoms with van der Waals surface area (Å²) in [6.07, 6.45) is 7.44. The molecule has 1 aliphatic heterocycles. The van der Waals surface area contributed by atoms with Crippen LogP contribution in [0.3, 0.4) is 0 Å². The number of hydrogen-bond donors (Lipinski definition) is 0. The van der Waals surface area contributed by atoms with E-state index < -0.39 is 0 Å². The molecule has 0 aliphatic carbocycles. The normalized spacial score (nSPS) is 14.4. The number of benzene rings is 1. The lowest BCUT2D eigenvalue weighted by Crippen LogP contribution is -2.52. The van der Waals surface area contributed by atoms with E-state index in [1.54, 1.807) is 18.3 Å². The minimum atomic E-state index is -0.360. The van der Waals surface area contributed by atoms with Crippen LogP contribution < -0.4 is 4.90 Å². The summed E-state index contributed by atoms with van der Waals surface area (Å²) in [5, 5.41) is 3.08. The molecule has 28 heavy (non-hydrogen) atoms. The van der Waals surface area contributed by atoms with Gasteiger partial charge in [0.25, 0.3) is 0 Å². The van der Waals surface area contributed by atoms with Gasteiger partial charge in [-0.05, 0) is 24.6 Å². The van der Waals surface area contributed by atoms with E-state index in [4.69, 9.17) is 14.5 Å². The average molecular weight is 379 g/mol. The van der Waals surface area contributed by atoms with Crippen LogP contribution in [0.5, 0.6) is 0 Å². The Kier molecular flexibility index (Phi) is 5.39. The molecule has 146 valence electrons. The topological polar surface area (TPSA) is 64.5 Å². The molecule has 1 saturated heterocycles. The first kappa shape index (κ1) is 18.6. The quantitative estimate of drug-likeness (QED) is 0.352. The van der Waals surface area contributed by atoms with E-state index >= 15 is 0 Å². The third kappa shape index (κ3) is 3.52. The number of nitrogens with zero attached hydrogens (tertiary/aromatic N) is 3. The fourth-order valence-corrected chi connectivity index (χ4v) is 3.63. The second-order valence-electron chi connectivity index (χ2n) is 7.19. The summed E-state index contributed by atoms with van der Waals surface area (Å²) in [4.78, 5) is 23.3. The number of carbonyl (C=O) groups is 1. The van der Waals surface area contributed by atoms with Crippen LogP contribution in [0.1, 0.15) is 36.5 Å². The Morgan fingerprint density at radius 2 is 2.04 bits per heavy atom.